The lowest BCUT2D eigenvalue weighted by Gasteiger charge is -2.15. The highest BCUT2D eigenvalue weighted by Gasteiger charge is 2.11. The van der Waals surface area contributed by atoms with Crippen molar-refractivity contribution in [3.8, 4) is 16.3 Å². The van der Waals surface area contributed by atoms with Gasteiger partial charge in [-0.1, -0.05) is 0 Å². The Hall–Kier alpha value is -2.44. The van der Waals surface area contributed by atoms with Crippen LogP contribution in [0.15, 0.2) is 42.6 Å². The number of likely N-dealkylation sites (tertiary alicyclic amines) is 1. The molecule has 0 unspecified atom stereocenters. The van der Waals surface area contributed by atoms with E-state index < -0.39 is 0 Å². The molecule has 3 aromatic rings. The lowest BCUT2D eigenvalue weighted by atomic mass is 10.2. The van der Waals surface area contributed by atoms with Gasteiger partial charge >= 0.3 is 0 Å². The van der Waals surface area contributed by atoms with Gasteiger partial charge < -0.3 is 10.1 Å². The van der Waals surface area contributed by atoms with Crippen molar-refractivity contribution in [3.05, 3.63) is 53.0 Å². The molecule has 0 radical (unpaired) electrons. The second-order valence-electron chi connectivity index (χ2n) is 7.18. The minimum atomic E-state index is 0.606. The second-order valence-corrected chi connectivity index (χ2v) is 8.47. The summed E-state index contributed by atoms with van der Waals surface area (Å²) in [6.07, 6.45) is 4.50. The van der Waals surface area contributed by atoms with Gasteiger partial charge in [-0.25, -0.2) is 9.97 Å². The molecule has 1 aliphatic rings. The van der Waals surface area contributed by atoms with Gasteiger partial charge in [-0.2, -0.15) is 0 Å². The van der Waals surface area contributed by atoms with E-state index in [0.717, 1.165) is 35.8 Å². The summed E-state index contributed by atoms with van der Waals surface area (Å²) < 4.78 is 5.87. The Labute approximate surface area is 170 Å². The molecule has 4 rings (SSSR count). The number of thiophene rings is 1. The van der Waals surface area contributed by atoms with Gasteiger partial charge in [0, 0.05) is 23.3 Å². The average Bonchev–Trinajstić information content (AvgIpc) is 3.36. The first-order valence-corrected chi connectivity index (χ1v) is 10.6. The molecule has 0 spiro atoms. The fourth-order valence-corrected chi connectivity index (χ4v) is 4.30. The highest BCUT2D eigenvalue weighted by Crippen LogP contribution is 2.29. The molecular weight excluding hydrogens is 368 g/mol. The lowest BCUT2D eigenvalue weighted by molar-refractivity contribution is 0.238. The number of anilines is 2. The first-order valence-electron chi connectivity index (χ1n) is 9.80. The first-order chi connectivity index (χ1) is 13.7. The largest absolute Gasteiger partial charge is 0.492 e. The Kier molecular flexibility index (Phi) is 5.88. The average molecular weight is 395 g/mol. The van der Waals surface area contributed by atoms with Crippen LogP contribution in [-0.4, -0.2) is 41.1 Å². The topological polar surface area (TPSA) is 50.3 Å². The van der Waals surface area contributed by atoms with Crippen molar-refractivity contribution in [1.82, 2.24) is 14.9 Å². The Bertz CT molecular complexity index is 917. The van der Waals surface area contributed by atoms with Crippen LogP contribution < -0.4 is 10.1 Å². The summed E-state index contributed by atoms with van der Waals surface area (Å²) >= 11 is 1.75. The molecule has 1 aliphatic heterocycles. The van der Waals surface area contributed by atoms with Crippen molar-refractivity contribution in [2.75, 3.05) is 31.6 Å². The smallest absolute Gasteiger partial charge is 0.227 e. The van der Waals surface area contributed by atoms with Crippen molar-refractivity contribution >= 4 is 23.0 Å². The summed E-state index contributed by atoms with van der Waals surface area (Å²) in [6, 6.07) is 12.2. The van der Waals surface area contributed by atoms with E-state index in [1.54, 1.807) is 11.3 Å². The number of rotatable bonds is 7. The molecule has 1 saturated heterocycles. The van der Waals surface area contributed by atoms with Gasteiger partial charge in [0.2, 0.25) is 5.95 Å². The van der Waals surface area contributed by atoms with E-state index in [-0.39, 0.29) is 0 Å². The highest BCUT2D eigenvalue weighted by molar-refractivity contribution is 7.15. The van der Waals surface area contributed by atoms with E-state index in [2.05, 4.69) is 34.3 Å². The summed E-state index contributed by atoms with van der Waals surface area (Å²) in [5.74, 6) is 1.50. The third kappa shape index (κ3) is 4.69. The molecule has 0 amide bonds. The molecule has 0 saturated carbocycles. The van der Waals surface area contributed by atoms with Gasteiger partial charge in [0.1, 0.15) is 12.4 Å². The Balaban J connectivity index is 1.37. The maximum atomic E-state index is 5.87. The molecule has 6 heteroatoms. The van der Waals surface area contributed by atoms with Crippen molar-refractivity contribution in [3.63, 3.8) is 0 Å². The van der Waals surface area contributed by atoms with Crippen LogP contribution in [0.5, 0.6) is 5.75 Å². The number of hydrogen-bond donors (Lipinski definition) is 1. The van der Waals surface area contributed by atoms with Gasteiger partial charge in [-0.15, -0.1) is 11.3 Å². The van der Waals surface area contributed by atoms with Crippen molar-refractivity contribution in [1.29, 1.82) is 0 Å². The molecule has 0 atom stereocenters. The quantitative estimate of drug-likeness (QED) is 0.608. The standard InChI is InChI=1S/C22H26N4OS/c1-16-15-23-22(25-21(16)20-10-5-17(2)28-20)24-18-6-8-19(9-7-18)27-14-13-26-11-3-4-12-26/h5-10,15H,3-4,11-14H2,1-2H3,(H,23,24,25). The number of hydrogen-bond acceptors (Lipinski definition) is 6. The Morgan fingerprint density at radius 1 is 1.07 bits per heavy atom. The molecule has 3 heterocycles. The number of nitrogens with one attached hydrogen (secondary N) is 1. The molecular formula is C22H26N4OS. The van der Waals surface area contributed by atoms with Crippen molar-refractivity contribution in [2.24, 2.45) is 0 Å². The minimum absolute atomic E-state index is 0.606. The molecule has 5 nitrogen and oxygen atoms in total. The van der Waals surface area contributed by atoms with Crippen LogP contribution in [0.25, 0.3) is 10.6 Å². The summed E-state index contributed by atoms with van der Waals surface area (Å²) in [7, 11) is 0. The van der Waals surface area contributed by atoms with Crippen LogP contribution in [0.4, 0.5) is 11.6 Å². The summed E-state index contributed by atoms with van der Waals surface area (Å²) in [5, 5.41) is 3.29. The van der Waals surface area contributed by atoms with E-state index in [4.69, 9.17) is 9.72 Å². The molecule has 1 aromatic carbocycles. The number of aryl methyl sites for hydroxylation is 2. The van der Waals surface area contributed by atoms with Crippen LogP contribution in [-0.2, 0) is 0 Å². The summed E-state index contributed by atoms with van der Waals surface area (Å²) in [5.41, 5.74) is 3.01. The molecule has 0 aliphatic carbocycles. The van der Waals surface area contributed by atoms with Gasteiger partial charge in [0.25, 0.3) is 0 Å². The summed E-state index contributed by atoms with van der Waals surface area (Å²) in [4.78, 5) is 14.1. The lowest BCUT2D eigenvalue weighted by Crippen LogP contribution is -2.25. The molecule has 2 aromatic heterocycles. The van der Waals surface area contributed by atoms with Crippen LogP contribution in [0.2, 0.25) is 0 Å². The predicted molar refractivity (Wildman–Crippen MR) is 116 cm³/mol. The van der Waals surface area contributed by atoms with Crippen LogP contribution >= 0.6 is 11.3 Å². The van der Waals surface area contributed by atoms with Crippen molar-refractivity contribution < 1.29 is 4.74 Å². The van der Waals surface area contributed by atoms with Crippen LogP contribution in [0.1, 0.15) is 23.3 Å². The van der Waals surface area contributed by atoms with Gasteiger partial charge in [-0.3, -0.25) is 4.90 Å². The van der Waals surface area contributed by atoms with Crippen LogP contribution in [0.3, 0.4) is 0 Å². The third-order valence-corrected chi connectivity index (χ3v) is 5.94. The molecule has 28 heavy (non-hydrogen) atoms. The van der Waals surface area contributed by atoms with E-state index >= 15 is 0 Å². The maximum Gasteiger partial charge on any atom is 0.227 e. The zero-order chi connectivity index (χ0) is 19.3. The molecule has 1 N–H and O–H groups in total. The van der Waals surface area contributed by atoms with E-state index in [1.165, 1.54) is 35.7 Å². The van der Waals surface area contributed by atoms with Crippen LogP contribution in [0, 0.1) is 13.8 Å². The SMILES string of the molecule is Cc1ccc(-c2nc(Nc3ccc(OCCN4CCCC4)cc3)ncc2C)s1. The van der Waals surface area contributed by atoms with Crippen molar-refractivity contribution in [2.45, 2.75) is 26.7 Å². The molecule has 1 fully saturated rings. The van der Waals surface area contributed by atoms with Gasteiger partial charge in [0.15, 0.2) is 0 Å². The monoisotopic (exact) mass is 394 g/mol. The summed E-state index contributed by atoms with van der Waals surface area (Å²) in [6.45, 7) is 8.30. The second kappa shape index (κ2) is 8.71. The fraction of sp³-hybridized carbons (Fsp3) is 0.364. The van der Waals surface area contributed by atoms with Gasteiger partial charge in [-0.05, 0) is 81.7 Å². The zero-order valence-electron chi connectivity index (χ0n) is 16.4. The Morgan fingerprint density at radius 2 is 1.86 bits per heavy atom. The van der Waals surface area contributed by atoms with E-state index in [1.807, 2.05) is 37.4 Å². The predicted octanol–water partition coefficient (Wildman–Crippen LogP) is 5.04. The minimum Gasteiger partial charge on any atom is -0.492 e. The highest BCUT2D eigenvalue weighted by atomic mass is 32.1. The number of nitrogens with zero attached hydrogens (tertiary/aromatic N) is 3. The fourth-order valence-electron chi connectivity index (χ4n) is 3.38. The number of aromatic nitrogens is 2. The molecule has 0 bridgehead atoms. The number of benzene rings is 1. The van der Waals surface area contributed by atoms with E-state index in [9.17, 15) is 0 Å². The third-order valence-electron chi connectivity index (χ3n) is 4.93. The number of ether oxygens (including phenoxy) is 1. The maximum absolute atomic E-state index is 5.87. The first kappa shape index (κ1) is 18.9. The van der Waals surface area contributed by atoms with Gasteiger partial charge in [0.05, 0.1) is 10.6 Å². The molecule has 146 valence electrons. The normalized spacial score (nSPS) is 14.4. The Morgan fingerprint density at radius 3 is 2.57 bits per heavy atom. The van der Waals surface area contributed by atoms with E-state index in [0.29, 0.717) is 5.95 Å². The zero-order valence-corrected chi connectivity index (χ0v) is 17.3.